The SMILES string of the molecule is CCCCC/C=C\C/C=C\C/C=C\CCCCCCCCC(=O)NC(COP(=O)([O-])OCC[N+](C)(C)C)C(/C=C/CCCCCCCCCCC)OC(=O)CCCCCCCCC/C=C/CCCCCCCC. The fourth-order valence-corrected chi connectivity index (χ4v) is 9.36. The summed E-state index contributed by atoms with van der Waals surface area (Å²) >= 11 is 0. The summed E-state index contributed by atoms with van der Waals surface area (Å²) in [6.45, 7) is 6.80. The van der Waals surface area contributed by atoms with Crippen molar-refractivity contribution in [2.45, 2.75) is 290 Å². The molecule has 0 aromatic carbocycles. The van der Waals surface area contributed by atoms with Crippen LogP contribution in [0.5, 0.6) is 0 Å². The van der Waals surface area contributed by atoms with Gasteiger partial charge in [-0.2, -0.15) is 0 Å². The number of ether oxygens (including phenoxy) is 1. The number of rotatable bonds is 55. The molecule has 0 aliphatic heterocycles. The number of quaternary nitrogens is 1. The Morgan fingerprint density at radius 2 is 0.836 bits per heavy atom. The van der Waals surface area contributed by atoms with E-state index in [0.29, 0.717) is 17.4 Å². The number of carbonyl (C=O) groups excluding carboxylic acids is 2. The third kappa shape index (κ3) is 54.3. The molecular weight excluding hydrogens is 928 g/mol. The van der Waals surface area contributed by atoms with Crippen LogP contribution in [0.1, 0.15) is 278 Å². The highest BCUT2D eigenvalue weighted by Crippen LogP contribution is 2.38. The van der Waals surface area contributed by atoms with E-state index in [1.165, 1.54) is 135 Å². The number of nitrogens with zero attached hydrogens (tertiary/aromatic N) is 1. The Morgan fingerprint density at radius 1 is 0.479 bits per heavy atom. The van der Waals surface area contributed by atoms with Gasteiger partial charge in [-0.25, -0.2) is 0 Å². The van der Waals surface area contributed by atoms with Gasteiger partial charge in [0, 0.05) is 12.8 Å². The van der Waals surface area contributed by atoms with Gasteiger partial charge in [-0.15, -0.1) is 0 Å². The molecule has 9 nitrogen and oxygen atoms in total. The average molecular weight is 1050 g/mol. The summed E-state index contributed by atoms with van der Waals surface area (Å²) in [5.74, 6) is -0.557. The van der Waals surface area contributed by atoms with E-state index in [1.807, 2.05) is 33.3 Å². The molecule has 426 valence electrons. The first-order valence-corrected chi connectivity index (χ1v) is 32.1. The Morgan fingerprint density at radius 3 is 1.29 bits per heavy atom. The molecule has 0 heterocycles. The average Bonchev–Trinajstić information content (AvgIpc) is 3.35. The summed E-state index contributed by atoms with van der Waals surface area (Å²) in [5, 5.41) is 3.02. The lowest BCUT2D eigenvalue weighted by molar-refractivity contribution is -0.870. The van der Waals surface area contributed by atoms with Crippen molar-refractivity contribution in [1.29, 1.82) is 0 Å². The van der Waals surface area contributed by atoms with E-state index < -0.39 is 26.6 Å². The van der Waals surface area contributed by atoms with Gasteiger partial charge in [-0.3, -0.25) is 14.2 Å². The van der Waals surface area contributed by atoms with Crippen LogP contribution in [0, 0.1) is 0 Å². The molecule has 3 unspecified atom stereocenters. The molecule has 0 saturated carbocycles. The molecule has 0 aliphatic carbocycles. The van der Waals surface area contributed by atoms with Gasteiger partial charge in [-0.05, 0) is 96.0 Å². The second kappa shape index (κ2) is 53.1. The Labute approximate surface area is 451 Å². The summed E-state index contributed by atoms with van der Waals surface area (Å²) < 4.78 is 30.3. The highest BCUT2D eigenvalue weighted by Gasteiger charge is 2.27. The van der Waals surface area contributed by atoms with Crippen molar-refractivity contribution in [1.82, 2.24) is 5.32 Å². The van der Waals surface area contributed by atoms with Gasteiger partial charge >= 0.3 is 5.97 Å². The molecule has 0 radical (unpaired) electrons. The lowest BCUT2D eigenvalue weighted by atomic mass is 10.1. The van der Waals surface area contributed by atoms with Crippen molar-refractivity contribution in [2.75, 3.05) is 40.9 Å². The van der Waals surface area contributed by atoms with Crippen LogP contribution in [0.4, 0.5) is 0 Å². The van der Waals surface area contributed by atoms with E-state index in [2.05, 4.69) is 74.7 Å². The van der Waals surface area contributed by atoms with Gasteiger partial charge in [0.15, 0.2) is 0 Å². The number of unbranched alkanes of at least 4 members (excludes halogenated alkanes) is 31. The zero-order valence-electron chi connectivity index (χ0n) is 48.6. The molecule has 73 heavy (non-hydrogen) atoms. The number of esters is 1. The van der Waals surface area contributed by atoms with Crippen molar-refractivity contribution in [2.24, 2.45) is 0 Å². The molecule has 0 aliphatic rings. The maximum Gasteiger partial charge on any atom is 0.306 e. The van der Waals surface area contributed by atoms with Crippen LogP contribution < -0.4 is 10.2 Å². The van der Waals surface area contributed by atoms with Gasteiger partial charge in [0.05, 0.1) is 33.8 Å². The Bertz CT molecular complexity index is 1440. The Kier molecular flexibility index (Phi) is 51.5. The number of hydrogen-bond donors (Lipinski definition) is 1. The van der Waals surface area contributed by atoms with Gasteiger partial charge < -0.3 is 28.5 Å². The maximum absolute atomic E-state index is 13.5. The van der Waals surface area contributed by atoms with Crippen molar-refractivity contribution in [3.05, 3.63) is 60.8 Å². The molecule has 1 amide bonds. The smallest absolute Gasteiger partial charge is 0.306 e. The monoisotopic (exact) mass is 1040 g/mol. The summed E-state index contributed by atoms with van der Waals surface area (Å²) in [6.07, 6.45) is 66.1. The first kappa shape index (κ1) is 70.7. The molecule has 0 aromatic heterocycles. The van der Waals surface area contributed by atoms with Gasteiger partial charge in [-0.1, -0.05) is 230 Å². The minimum Gasteiger partial charge on any atom is -0.756 e. The standard InChI is InChI=1S/C63H117N2O7P/c1-7-10-13-16-19-22-25-27-29-31-32-34-35-37-40-43-46-49-52-55-62(66)64-60(59-71-73(68,69)70-58-57-65(4,5)6)61(54-51-48-45-42-39-24-21-18-15-12-9-3)72-63(67)56-53-50-47-44-41-38-36-33-30-28-26-23-20-17-14-11-8-2/h19,22,27-30,32,34,51,54,60-61H,7-18,20-21,23-26,31,33,35-50,52-53,55-59H2,1-6H3,(H-,64,66,68,69)/b22-19-,29-27-,30-28+,34-32-,54-51+. The molecule has 0 saturated heterocycles. The van der Waals surface area contributed by atoms with Gasteiger partial charge in [0.2, 0.25) is 5.91 Å². The lowest BCUT2D eigenvalue weighted by Crippen LogP contribution is -2.47. The minimum absolute atomic E-state index is 0.0269. The van der Waals surface area contributed by atoms with Crippen LogP contribution in [-0.4, -0.2) is 69.4 Å². The minimum atomic E-state index is -4.70. The number of phosphoric acid groups is 1. The molecule has 0 bridgehead atoms. The topological polar surface area (TPSA) is 114 Å². The molecule has 0 aromatic rings. The number of phosphoric ester groups is 1. The fraction of sp³-hybridized carbons (Fsp3) is 0.810. The van der Waals surface area contributed by atoms with Crippen LogP contribution in [0.3, 0.4) is 0 Å². The third-order valence-corrected chi connectivity index (χ3v) is 14.4. The van der Waals surface area contributed by atoms with E-state index >= 15 is 0 Å². The molecule has 1 N–H and O–H groups in total. The van der Waals surface area contributed by atoms with Crippen LogP contribution >= 0.6 is 7.82 Å². The number of likely N-dealkylation sites (N-methyl/N-ethyl adjacent to an activating group) is 1. The van der Waals surface area contributed by atoms with E-state index in [4.69, 9.17) is 13.8 Å². The van der Waals surface area contributed by atoms with Crippen LogP contribution in [0.2, 0.25) is 0 Å². The van der Waals surface area contributed by atoms with Crippen molar-refractivity contribution >= 4 is 19.7 Å². The highest BCUT2D eigenvalue weighted by molar-refractivity contribution is 7.45. The number of carbonyl (C=O) groups is 2. The van der Waals surface area contributed by atoms with Crippen molar-refractivity contribution in [3.63, 3.8) is 0 Å². The second-order valence-corrected chi connectivity index (χ2v) is 23.3. The summed E-state index contributed by atoms with van der Waals surface area (Å²) in [4.78, 5) is 39.9. The van der Waals surface area contributed by atoms with Crippen LogP contribution in [0.25, 0.3) is 0 Å². The van der Waals surface area contributed by atoms with Crippen molar-refractivity contribution in [3.8, 4) is 0 Å². The number of hydrogen-bond acceptors (Lipinski definition) is 7. The predicted molar refractivity (Wildman–Crippen MR) is 312 cm³/mol. The largest absolute Gasteiger partial charge is 0.756 e. The van der Waals surface area contributed by atoms with E-state index in [-0.39, 0.29) is 24.9 Å². The summed E-state index contributed by atoms with van der Waals surface area (Å²) in [5.41, 5.74) is 0. The Balaban J connectivity index is 5.27. The van der Waals surface area contributed by atoms with Crippen LogP contribution in [-0.2, 0) is 27.9 Å². The molecule has 0 fully saturated rings. The molecule has 0 rings (SSSR count). The van der Waals surface area contributed by atoms with E-state index in [0.717, 1.165) is 109 Å². The number of nitrogens with one attached hydrogen (secondary N) is 1. The Hall–Kier alpha value is -2.29. The molecule has 3 atom stereocenters. The lowest BCUT2D eigenvalue weighted by Gasteiger charge is -2.30. The normalized spacial score (nSPS) is 14.1. The first-order valence-electron chi connectivity index (χ1n) is 30.6. The van der Waals surface area contributed by atoms with Crippen molar-refractivity contribution < 1.29 is 37.3 Å². The molecule has 10 heteroatoms. The quantitative estimate of drug-likeness (QED) is 0.0212. The number of amides is 1. The first-order chi connectivity index (χ1) is 35.4. The summed E-state index contributed by atoms with van der Waals surface area (Å²) in [6, 6.07) is -0.897. The second-order valence-electron chi connectivity index (χ2n) is 21.8. The van der Waals surface area contributed by atoms with Crippen LogP contribution in [0.15, 0.2) is 60.8 Å². The zero-order valence-corrected chi connectivity index (χ0v) is 49.5. The number of allylic oxidation sites excluding steroid dienone is 9. The maximum atomic E-state index is 13.5. The third-order valence-electron chi connectivity index (χ3n) is 13.4. The van der Waals surface area contributed by atoms with E-state index in [1.54, 1.807) is 0 Å². The van der Waals surface area contributed by atoms with E-state index in [9.17, 15) is 19.0 Å². The molecular formula is C63H117N2O7P. The highest BCUT2D eigenvalue weighted by atomic mass is 31.2. The summed E-state index contributed by atoms with van der Waals surface area (Å²) in [7, 11) is 1.17. The zero-order chi connectivity index (χ0) is 53.6. The molecule has 0 spiro atoms. The fourth-order valence-electron chi connectivity index (χ4n) is 8.64. The van der Waals surface area contributed by atoms with Gasteiger partial charge in [0.25, 0.3) is 7.82 Å². The van der Waals surface area contributed by atoms with Gasteiger partial charge in [0.1, 0.15) is 19.3 Å². The predicted octanol–water partition coefficient (Wildman–Crippen LogP) is 18.0.